The summed E-state index contributed by atoms with van der Waals surface area (Å²) in [5, 5.41) is 3.17. The number of ether oxygens (including phenoxy) is 1. The number of hydrogen-bond acceptors (Lipinski definition) is 6. The van der Waals surface area contributed by atoms with E-state index in [4.69, 9.17) is 14.9 Å². The largest absolute Gasteiger partial charge is 0.497 e. The van der Waals surface area contributed by atoms with Crippen LogP contribution in [0.2, 0.25) is 0 Å². The van der Waals surface area contributed by atoms with Crippen molar-refractivity contribution in [2.45, 2.75) is 5.22 Å². The van der Waals surface area contributed by atoms with E-state index < -0.39 is 0 Å². The maximum absolute atomic E-state index is 11.7. The van der Waals surface area contributed by atoms with Crippen LogP contribution in [-0.2, 0) is 4.79 Å². The summed E-state index contributed by atoms with van der Waals surface area (Å²) >= 11 is 1.21. The van der Waals surface area contributed by atoms with Crippen LogP contribution in [0, 0.1) is 0 Å². The van der Waals surface area contributed by atoms with Crippen LogP contribution in [0.3, 0.4) is 0 Å². The molecule has 1 aromatic heterocycles. The SMILES string of the molecule is COc1ccc(NC(=O)CSc2ncco2)c(N)c1. The van der Waals surface area contributed by atoms with E-state index in [2.05, 4.69) is 10.3 Å². The van der Waals surface area contributed by atoms with Gasteiger partial charge in [0.25, 0.3) is 5.22 Å². The highest BCUT2D eigenvalue weighted by Crippen LogP contribution is 2.24. The van der Waals surface area contributed by atoms with Gasteiger partial charge in [-0.15, -0.1) is 0 Å². The van der Waals surface area contributed by atoms with E-state index in [0.717, 1.165) is 0 Å². The number of thioether (sulfide) groups is 1. The van der Waals surface area contributed by atoms with Crippen molar-refractivity contribution < 1.29 is 13.9 Å². The van der Waals surface area contributed by atoms with Gasteiger partial charge in [-0.05, 0) is 12.1 Å². The maximum Gasteiger partial charge on any atom is 0.256 e. The fraction of sp³-hybridized carbons (Fsp3) is 0.167. The summed E-state index contributed by atoms with van der Waals surface area (Å²) in [4.78, 5) is 15.6. The minimum Gasteiger partial charge on any atom is -0.497 e. The molecule has 6 nitrogen and oxygen atoms in total. The van der Waals surface area contributed by atoms with Gasteiger partial charge in [0.1, 0.15) is 12.0 Å². The maximum atomic E-state index is 11.7. The zero-order chi connectivity index (χ0) is 13.7. The average Bonchev–Trinajstić information content (AvgIpc) is 2.92. The Labute approximate surface area is 114 Å². The molecular weight excluding hydrogens is 266 g/mol. The van der Waals surface area contributed by atoms with E-state index in [1.807, 2.05) is 0 Å². The van der Waals surface area contributed by atoms with Crippen molar-refractivity contribution in [3.63, 3.8) is 0 Å². The first-order chi connectivity index (χ1) is 9.19. The Kier molecular flexibility index (Phi) is 4.30. The molecule has 0 saturated heterocycles. The molecule has 2 aromatic rings. The predicted octanol–water partition coefficient (Wildman–Crippen LogP) is 2.00. The van der Waals surface area contributed by atoms with Crippen molar-refractivity contribution in [3.05, 3.63) is 30.7 Å². The summed E-state index contributed by atoms with van der Waals surface area (Å²) < 4.78 is 10.1. The van der Waals surface area contributed by atoms with Crippen LogP contribution in [0.5, 0.6) is 5.75 Å². The molecule has 1 aromatic carbocycles. The Bertz CT molecular complexity index is 557. The fourth-order valence-electron chi connectivity index (χ4n) is 1.38. The third kappa shape index (κ3) is 3.65. The monoisotopic (exact) mass is 279 g/mol. The lowest BCUT2D eigenvalue weighted by Gasteiger charge is -2.09. The van der Waals surface area contributed by atoms with Crippen LogP contribution in [-0.4, -0.2) is 23.8 Å². The highest BCUT2D eigenvalue weighted by molar-refractivity contribution is 7.99. The molecule has 2 rings (SSSR count). The molecule has 100 valence electrons. The molecule has 0 aliphatic rings. The van der Waals surface area contributed by atoms with Gasteiger partial charge in [-0.2, -0.15) is 0 Å². The highest BCUT2D eigenvalue weighted by atomic mass is 32.2. The number of aromatic nitrogens is 1. The zero-order valence-corrected chi connectivity index (χ0v) is 11.1. The van der Waals surface area contributed by atoms with Gasteiger partial charge in [0.05, 0.1) is 30.4 Å². The van der Waals surface area contributed by atoms with Gasteiger partial charge in [0, 0.05) is 6.07 Å². The number of rotatable bonds is 5. The molecule has 3 N–H and O–H groups in total. The second-order valence-corrected chi connectivity index (χ2v) is 4.51. The van der Waals surface area contributed by atoms with Gasteiger partial charge in [0.2, 0.25) is 5.91 Å². The topological polar surface area (TPSA) is 90.4 Å². The van der Waals surface area contributed by atoms with Crippen LogP contribution in [0.25, 0.3) is 0 Å². The first-order valence-electron chi connectivity index (χ1n) is 5.44. The second-order valence-electron chi connectivity index (χ2n) is 3.59. The van der Waals surface area contributed by atoms with E-state index in [1.165, 1.54) is 24.2 Å². The fourth-order valence-corrected chi connectivity index (χ4v) is 1.96. The minimum absolute atomic E-state index is 0.180. The molecule has 0 atom stereocenters. The number of benzene rings is 1. The number of anilines is 2. The Morgan fingerprint density at radius 3 is 3.05 bits per heavy atom. The van der Waals surface area contributed by atoms with Crippen molar-refractivity contribution >= 4 is 29.0 Å². The van der Waals surface area contributed by atoms with E-state index in [9.17, 15) is 4.79 Å². The summed E-state index contributed by atoms with van der Waals surface area (Å²) in [5.74, 6) is 0.663. The van der Waals surface area contributed by atoms with E-state index in [0.29, 0.717) is 22.3 Å². The highest BCUT2D eigenvalue weighted by Gasteiger charge is 2.08. The van der Waals surface area contributed by atoms with Crippen LogP contribution in [0.4, 0.5) is 11.4 Å². The first kappa shape index (κ1) is 13.3. The summed E-state index contributed by atoms with van der Waals surface area (Å²) in [6, 6.07) is 5.08. The van der Waals surface area contributed by atoms with Crippen molar-refractivity contribution in [2.75, 3.05) is 23.9 Å². The first-order valence-corrected chi connectivity index (χ1v) is 6.43. The Morgan fingerprint density at radius 1 is 1.58 bits per heavy atom. The summed E-state index contributed by atoms with van der Waals surface area (Å²) in [6.45, 7) is 0. The Morgan fingerprint density at radius 2 is 2.42 bits per heavy atom. The van der Waals surface area contributed by atoms with Gasteiger partial charge in [-0.1, -0.05) is 11.8 Å². The van der Waals surface area contributed by atoms with Gasteiger partial charge >= 0.3 is 0 Å². The standard InChI is InChI=1S/C12H13N3O3S/c1-17-8-2-3-10(9(13)6-8)15-11(16)7-19-12-14-4-5-18-12/h2-6H,7,13H2,1H3,(H,15,16). The quantitative estimate of drug-likeness (QED) is 0.642. The lowest BCUT2D eigenvalue weighted by molar-refractivity contribution is -0.113. The number of nitrogens with zero attached hydrogens (tertiary/aromatic N) is 1. The number of carbonyl (C=O) groups excluding carboxylic acids is 1. The van der Waals surface area contributed by atoms with Crippen molar-refractivity contribution in [3.8, 4) is 5.75 Å². The molecule has 0 aliphatic carbocycles. The van der Waals surface area contributed by atoms with Gasteiger partial charge in [-0.3, -0.25) is 4.79 Å². The third-order valence-electron chi connectivity index (χ3n) is 2.27. The average molecular weight is 279 g/mol. The summed E-state index contributed by atoms with van der Waals surface area (Å²) in [5.41, 5.74) is 6.81. The minimum atomic E-state index is -0.180. The molecule has 7 heteroatoms. The molecule has 0 saturated carbocycles. The molecule has 19 heavy (non-hydrogen) atoms. The summed E-state index contributed by atoms with van der Waals surface area (Å²) in [6.07, 6.45) is 2.99. The zero-order valence-electron chi connectivity index (χ0n) is 10.3. The number of amides is 1. The number of methoxy groups -OCH3 is 1. The Hall–Kier alpha value is -2.15. The molecule has 0 spiro atoms. The molecular formula is C12H13N3O3S. The van der Waals surface area contributed by atoms with E-state index in [-0.39, 0.29) is 11.7 Å². The molecule has 1 amide bonds. The number of nitrogen functional groups attached to an aromatic ring is 1. The van der Waals surface area contributed by atoms with Crippen LogP contribution in [0.15, 0.2) is 40.3 Å². The number of nitrogens with two attached hydrogens (primary N) is 1. The van der Waals surface area contributed by atoms with Crippen molar-refractivity contribution in [1.82, 2.24) is 4.98 Å². The third-order valence-corrected chi connectivity index (χ3v) is 3.12. The lowest BCUT2D eigenvalue weighted by atomic mass is 10.2. The Balaban J connectivity index is 1.91. The molecule has 1 heterocycles. The van der Waals surface area contributed by atoms with Crippen molar-refractivity contribution in [1.29, 1.82) is 0 Å². The van der Waals surface area contributed by atoms with Crippen LogP contribution >= 0.6 is 11.8 Å². The lowest BCUT2D eigenvalue weighted by Crippen LogP contribution is -2.15. The molecule has 0 fully saturated rings. The van der Waals surface area contributed by atoms with Crippen LogP contribution in [0.1, 0.15) is 0 Å². The number of carbonyl (C=O) groups is 1. The molecule has 0 aliphatic heterocycles. The van der Waals surface area contributed by atoms with Gasteiger partial charge in [0.15, 0.2) is 0 Å². The number of hydrogen-bond donors (Lipinski definition) is 2. The van der Waals surface area contributed by atoms with E-state index >= 15 is 0 Å². The summed E-state index contributed by atoms with van der Waals surface area (Å²) in [7, 11) is 1.56. The molecule has 0 unspecified atom stereocenters. The van der Waals surface area contributed by atoms with Gasteiger partial charge < -0.3 is 20.2 Å². The van der Waals surface area contributed by atoms with Crippen molar-refractivity contribution in [2.24, 2.45) is 0 Å². The normalized spacial score (nSPS) is 10.2. The second kappa shape index (κ2) is 6.14. The van der Waals surface area contributed by atoms with Gasteiger partial charge in [-0.25, -0.2) is 4.98 Å². The molecule has 0 bridgehead atoms. The van der Waals surface area contributed by atoms with Crippen LogP contribution < -0.4 is 15.8 Å². The predicted molar refractivity (Wildman–Crippen MR) is 73.3 cm³/mol. The van der Waals surface area contributed by atoms with E-state index in [1.54, 1.807) is 25.3 Å². The number of oxazole rings is 1. The molecule has 0 radical (unpaired) electrons. The number of nitrogens with one attached hydrogen (secondary N) is 1. The smallest absolute Gasteiger partial charge is 0.256 e.